The Morgan fingerprint density at radius 3 is 2.38 bits per heavy atom. The lowest BCUT2D eigenvalue weighted by atomic mass is 9.82. The number of rotatable bonds is 2. The van der Waals surface area contributed by atoms with Crippen LogP contribution in [0, 0.1) is 0 Å². The van der Waals surface area contributed by atoms with Gasteiger partial charge in [-0.25, -0.2) is 4.79 Å². The lowest BCUT2D eigenvalue weighted by molar-refractivity contribution is 0.0529. The molecule has 0 fully saturated rings. The van der Waals surface area contributed by atoms with Crippen LogP contribution in [0.1, 0.15) is 49.1 Å². The Morgan fingerprint density at radius 2 is 1.77 bits per heavy atom. The second-order valence-electron chi connectivity index (χ2n) is 5.79. The van der Waals surface area contributed by atoms with Crippen molar-refractivity contribution in [3.8, 4) is 5.75 Å². The highest BCUT2D eigenvalue weighted by molar-refractivity contribution is 6.33. The molecule has 0 saturated heterocycles. The standard InChI is InChI=1S/C19H13NO6/c1-2-25-19(24)12-10-7-11(21)13-14(17(10)26-18(12)20)16(23)9-6-4-3-5-8(9)15(13)22/h3-7,21H,2,20H2,1H3. The normalized spacial score (nSPS) is 12.8. The fourth-order valence-electron chi connectivity index (χ4n) is 3.24. The molecule has 0 radical (unpaired) electrons. The molecule has 1 aromatic heterocycles. The molecule has 3 aromatic rings. The number of phenolic OH excluding ortho intramolecular Hbond substituents is 1. The number of anilines is 1. The molecule has 26 heavy (non-hydrogen) atoms. The number of furan rings is 1. The SMILES string of the molecule is CCOC(=O)c1c(N)oc2c3c(c(O)cc12)C(=O)c1ccccc1C3=O. The van der Waals surface area contributed by atoms with Gasteiger partial charge in [0.2, 0.25) is 5.88 Å². The Kier molecular flexibility index (Phi) is 3.33. The van der Waals surface area contributed by atoms with E-state index in [-0.39, 0.29) is 51.3 Å². The molecule has 7 heteroatoms. The summed E-state index contributed by atoms with van der Waals surface area (Å²) in [6.07, 6.45) is 0. The maximum absolute atomic E-state index is 13.0. The van der Waals surface area contributed by atoms with Gasteiger partial charge in [-0.05, 0) is 13.0 Å². The number of phenols is 1. The van der Waals surface area contributed by atoms with Gasteiger partial charge in [0.25, 0.3) is 0 Å². The van der Waals surface area contributed by atoms with Crippen LogP contribution >= 0.6 is 0 Å². The molecule has 0 saturated carbocycles. The van der Waals surface area contributed by atoms with Gasteiger partial charge in [-0.1, -0.05) is 24.3 Å². The number of benzene rings is 2. The Morgan fingerprint density at radius 1 is 1.15 bits per heavy atom. The van der Waals surface area contributed by atoms with Crippen LogP contribution in [0.3, 0.4) is 0 Å². The maximum atomic E-state index is 13.0. The van der Waals surface area contributed by atoms with E-state index in [2.05, 4.69) is 0 Å². The van der Waals surface area contributed by atoms with Crippen LogP contribution in [-0.4, -0.2) is 29.2 Å². The average Bonchev–Trinajstić information content (AvgIpc) is 2.94. The molecule has 0 unspecified atom stereocenters. The van der Waals surface area contributed by atoms with Crippen molar-refractivity contribution in [3.63, 3.8) is 0 Å². The third-order valence-corrected chi connectivity index (χ3v) is 4.34. The van der Waals surface area contributed by atoms with Crippen LogP contribution in [0.4, 0.5) is 5.88 Å². The third-order valence-electron chi connectivity index (χ3n) is 4.34. The first-order chi connectivity index (χ1) is 12.5. The highest BCUT2D eigenvalue weighted by Gasteiger charge is 2.36. The molecular formula is C19H13NO6. The maximum Gasteiger partial charge on any atom is 0.344 e. The predicted octanol–water partition coefficient (Wildman–Crippen LogP) is 2.67. The molecule has 130 valence electrons. The zero-order chi connectivity index (χ0) is 18.6. The third kappa shape index (κ3) is 1.97. The predicted molar refractivity (Wildman–Crippen MR) is 91.6 cm³/mol. The van der Waals surface area contributed by atoms with Crippen molar-refractivity contribution in [2.75, 3.05) is 12.3 Å². The average molecular weight is 351 g/mol. The second-order valence-corrected chi connectivity index (χ2v) is 5.79. The number of hydrogen-bond acceptors (Lipinski definition) is 7. The molecule has 0 bridgehead atoms. The molecule has 7 nitrogen and oxygen atoms in total. The lowest BCUT2D eigenvalue weighted by Crippen LogP contribution is -2.21. The van der Waals surface area contributed by atoms with Crippen molar-refractivity contribution < 1.29 is 28.6 Å². The summed E-state index contributed by atoms with van der Waals surface area (Å²) in [7, 11) is 0. The van der Waals surface area contributed by atoms with Crippen LogP contribution in [0.2, 0.25) is 0 Å². The zero-order valence-electron chi connectivity index (χ0n) is 13.7. The Hall–Kier alpha value is -3.61. The highest BCUT2D eigenvalue weighted by atomic mass is 16.5. The van der Waals surface area contributed by atoms with Gasteiger partial charge in [0.1, 0.15) is 16.9 Å². The topological polar surface area (TPSA) is 120 Å². The Bertz CT molecular complexity index is 1120. The minimum atomic E-state index is -0.738. The molecular weight excluding hydrogens is 338 g/mol. The van der Waals surface area contributed by atoms with Gasteiger partial charge >= 0.3 is 5.97 Å². The Balaban J connectivity index is 2.07. The van der Waals surface area contributed by atoms with Gasteiger partial charge in [0.05, 0.1) is 17.7 Å². The van der Waals surface area contributed by atoms with Crippen LogP contribution in [0.5, 0.6) is 5.75 Å². The number of fused-ring (bicyclic) bond motifs is 4. The van der Waals surface area contributed by atoms with Crippen LogP contribution in [-0.2, 0) is 4.74 Å². The molecule has 3 N–H and O–H groups in total. The van der Waals surface area contributed by atoms with E-state index in [1.165, 1.54) is 18.2 Å². The summed E-state index contributed by atoms with van der Waals surface area (Å²) in [5.41, 5.74) is 5.82. The molecule has 0 atom stereocenters. The smallest absolute Gasteiger partial charge is 0.344 e. The van der Waals surface area contributed by atoms with Crippen molar-refractivity contribution in [2.24, 2.45) is 0 Å². The summed E-state index contributed by atoms with van der Waals surface area (Å²) in [4.78, 5) is 37.9. The van der Waals surface area contributed by atoms with E-state index >= 15 is 0 Å². The second kappa shape index (κ2) is 5.45. The van der Waals surface area contributed by atoms with Crippen molar-refractivity contribution in [2.45, 2.75) is 6.92 Å². The van der Waals surface area contributed by atoms with Crippen LogP contribution in [0.25, 0.3) is 11.0 Å². The number of esters is 1. The van der Waals surface area contributed by atoms with Crippen molar-refractivity contribution >= 4 is 34.4 Å². The first-order valence-corrected chi connectivity index (χ1v) is 7.89. The van der Waals surface area contributed by atoms with Gasteiger partial charge in [0.15, 0.2) is 11.6 Å². The van der Waals surface area contributed by atoms with E-state index < -0.39 is 23.3 Å². The minimum absolute atomic E-state index is 0.0220. The number of ether oxygens (including phenoxy) is 1. The fraction of sp³-hybridized carbons (Fsp3) is 0.105. The molecule has 4 rings (SSSR count). The first kappa shape index (κ1) is 15.9. The molecule has 0 amide bonds. The highest BCUT2D eigenvalue weighted by Crippen LogP contribution is 2.41. The number of carbonyl (C=O) groups excluding carboxylic acids is 3. The number of carbonyl (C=O) groups is 3. The number of ketones is 2. The summed E-state index contributed by atoms with van der Waals surface area (Å²) >= 11 is 0. The van der Waals surface area contributed by atoms with E-state index in [0.29, 0.717) is 0 Å². The molecule has 0 spiro atoms. The van der Waals surface area contributed by atoms with E-state index in [4.69, 9.17) is 14.9 Å². The number of nitrogen functional groups attached to an aromatic ring is 1. The van der Waals surface area contributed by atoms with Crippen molar-refractivity contribution in [1.29, 1.82) is 0 Å². The molecule has 1 aliphatic carbocycles. The number of aromatic hydroxyl groups is 1. The van der Waals surface area contributed by atoms with Crippen molar-refractivity contribution in [1.82, 2.24) is 0 Å². The van der Waals surface area contributed by atoms with Gasteiger partial charge in [-0.2, -0.15) is 0 Å². The van der Waals surface area contributed by atoms with E-state index in [1.54, 1.807) is 19.1 Å². The quantitative estimate of drug-likeness (QED) is 0.533. The summed E-state index contributed by atoms with van der Waals surface area (Å²) in [6, 6.07) is 7.50. The molecule has 1 heterocycles. The number of nitrogens with two attached hydrogens (primary N) is 1. The zero-order valence-corrected chi connectivity index (χ0v) is 13.7. The first-order valence-electron chi connectivity index (χ1n) is 7.89. The van der Waals surface area contributed by atoms with Gasteiger partial charge in [-0.3, -0.25) is 9.59 Å². The van der Waals surface area contributed by atoms with Gasteiger partial charge < -0.3 is 20.0 Å². The van der Waals surface area contributed by atoms with E-state index in [0.717, 1.165) is 0 Å². The van der Waals surface area contributed by atoms with Crippen LogP contribution < -0.4 is 5.73 Å². The Labute approximate surface area is 147 Å². The fourth-order valence-corrected chi connectivity index (χ4v) is 3.24. The monoisotopic (exact) mass is 351 g/mol. The molecule has 0 aliphatic heterocycles. The lowest BCUT2D eigenvalue weighted by Gasteiger charge is -2.18. The van der Waals surface area contributed by atoms with Gasteiger partial charge in [0, 0.05) is 16.5 Å². The van der Waals surface area contributed by atoms with E-state index in [9.17, 15) is 19.5 Å². The largest absolute Gasteiger partial charge is 0.507 e. The van der Waals surface area contributed by atoms with Crippen LogP contribution in [0.15, 0.2) is 34.7 Å². The molecule has 1 aliphatic rings. The van der Waals surface area contributed by atoms with E-state index in [1.807, 2.05) is 0 Å². The summed E-state index contributed by atoms with van der Waals surface area (Å²) in [6.45, 7) is 1.75. The summed E-state index contributed by atoms with van der Waals surface area (Å²) < 4.78 is 10.4. The molecule has 2 aromatic carbocycles. The minimum Gasteiger partial charge on any atom is -0.507 e. The van der Waals surface area contributed by atoms with Gasteiger partial charge in [-0.15, -0.1) is 0 Å². The summed E-state index contributed by atoms with van der Waals surface area (Å²) in [5.74, 6) is -2.39. The number of hydrogen-bond donors (Lipinski definition) is 2. The summed E-state index contributed by atoms with van der Waals surface area (Å²) in [5, 5.41) is 10.5. The van der Waals surface area contributed by atoms with Crippen molar-refractivity contribution in [3.05, 3.63) is 58.1 Å².